The standard InChI is InChI=1S/C18H21F2N5O4/c1-21-17(27)15-9-24(23-22-15)8-12-7-18(19,20)11-25(12)16(26)10-29-14-5-3-13(28-2)4-6-14/h3-6,9,12H,7-8,10-11H2,1-2H3,(H,21,27)/t12-/m0/s1. The lowest BCUT2D eigenvalue weighted by atomic mass is 10.2. The summed E-state index contributed by atoms with van der Waals surface area (Å²) >= 11 is 0. The average Bonchev–Trinajstić information content (AvgIpc) is 3.29. The van der Waals surface area contributed by atoms with E-state index in [2.05, 4.69) is 15.6 Å². The number of nitrogens with one attached hydrogen (secondary N) is 1. The molecule has 0 spiro atoms. The first-order chi connectivity index (χ1) is 13.8. The number of aromatic nitrogens is 3. The van der Waals surface area contributed by atoms with Gasteiger partial charge in [-0.15, -0.1) is 5.10 Å². The van der Waals surface area contributed by atoms with Crippen molar-refractivity contribution in [1.29, 1.82) is 0 Å². The van der Waals surface area contributed by atoms with Crippen molar-refractivity contribution in [3.8, 4) is 11.5 Å². The van der Waals surface area contributed by atoms with Gasteiger partial charge >= 0.3 is 0 Å². The van der Waals surface area contributed by atoms with Gasteiger partial charge in [-0.3, -0.25) is 9.59 Å². The Hall–Kier alpha value is -3.24. The molecule has 1 N–H and O–H groups in total. The van der Waals surface area contributed by atoms with Gasteiger partial charge in [0.1, 0.15) is 11.5 Å². The third kappa shape index (κ3) is 4.98. The summed E-state index contributed by atoms with van der Waals surface area (Å²) in [4.78, 5) is 25.2. The number of hydrogen-bond donors (Lipinski definition) is 1. The maximum absolute atomic E-state index is 14.0. The highest BCUT2D eigenvalue weighted by Gasteiger charge is 2.47. The van der Waals surface area contributed by atoms with Gasteiger partial charge in [0.25, 0.3) is 17.7 Å². The smallest absolute Gasteiger partial charge is 0.273 e. The van der Waals surface area contributed by atoms with Gasteiger partial charge in [0.05, 0.1) is 32.4 Å². The molecule has 1 fully saturated rings. The minimum atomic E-state index is -3.01. The number of rotatable bonds is 7. The molecule has 29 heavy (non-hydrogen) atoms. The van der Waals surface area contributed by atoms with Crippen molar-refractivity contribution in [3.05, 3.63) is 36.2 Å². The molecule has 2 amide bonds. The van der Waals surface area contributed by atoms with Gasteiger partial charge < -0.3 is 19.7 Å². The van der Waals surface area contributed by atoms with E-state index in [1.54, 1.807) is 24.3 Å². The van der Waals surface area contributed by atoms with E-state index in [1.807, 2.05) is 0 Å². The predicted molar refractivity (Wildman–Crippen MR) is 97.0 cm³/mol. The average molecular weight is 409 g/mol. The molecule has 1 aliphatic rings. The van der Waals surface area contributed by atoms with Crippen LogP contribution in [0.4, 0.5) is 8.78 Å². The SMILES string of the molecule is CNC(=O)c1cn(C[C@@H]2CC(F)(F)CN2C(=O)COc2ccc(OC)cc2)nn1. The highest BCUT2D eigenvalue weighted by atomic mass is 19.3. The normalized spacial score (nSPS) is 17.8. The van der Waals surface area contributed by atoms with E-state index in [1.165, 1.54) is 25.0 Å². The van der Waals surface area contributed by atoms with Crippen LogP contribution in [-0.4, -0.2) is 71.0 Å². The Morgan fingerprint density at radius 1 is 1.28 bits per heavy atom. The Balaban J connectivity index is 1.64. The third-order valence-corrected chi connectivity index (χ3v) is 4.51. The number of benzene rings is 1. The summed E-state index contributed by atoms with van der Waals surface area (Å²) in [7, 11) is 2.97. The zero-order valence-electron chi connectivity index (χ0n) is 16.0. The van der Waals surface area contributed by atoms with Crippen molar-refractivity contribution in [2.75, 3.05) is 27.3 Å². The number of nitrogens with zero attached hydrogens (tertiary/aromatic N) is 4. The lowest BCUT2D eigenvalue weighted by Gasteiger charge is -2.23. The van der Waals surface area contributed by atoms with Gasteiger partial charge in [-0.1, -0.05) is 5.21 Å². The second-order valence-corrected chi connectivity index (χ2v) is 6.60. The summed E-state index contributed by atoms with van der Waals surface area (Å²) in [6.07, 6.45) is 0.849. The maximum Gasteiger partial charge on any atom is 0.273 e. The number of hydrogen-bond acceptors (Lipinski definition) is 6. The van der Waals surface area contributed by atoms with Gasteiger partial charge in [-0.05, 0) is 24.3 Å². The third-order valence-electron chi connectivity index (χ3n) is 4.51. The molecular weight excluding hydrogens is 388 g/mol. The highest BCUT2D eigenvalue weighted by molar-refractivity contribution is 5.91. The zero-order chi connectivity index (χ0) is 21.0. The van der Waals surface area contributed by atoms with Crippen LogP contribution in [0.3, 0.4) is 0 Å². The number of methoxy groups -OCH3 is 1. The summed E-state index contributed by atoms with van der Waals surface area (Å²) in [6, 6.07) is 5.79. The van der Waals surface area contributed by atoms with E-state index < -0.39 is 36.7 Å². The van der Waals surface area contributed by atoms with Gasteiger partial charge in [-0.25, -0.2) is 13.5 Å². The number of halogens is 2. The minimum absolute atomic E-state index is 0.00609. The second-order valence-electron chi connectivity index (χ2n) is 6.60. The summed E-state index contributed by atoms with van der Waals surface area (Å²) in [5, 5.41) is 9.88. The molecule has 0 radical (unpaired) electrons. The van der Waals surface area contributed by atoms with Crippen LogP contribution in [-0.2, 0) is 11.3 Å². The van der Waals surface area contributed by atoms with Gasteiger partial charge in [0, 0.05) is 13.5 Å². The fraction of sp³-hybridized carbons (Fsp3) is 0.444. The summed E-state index contributed by atoms with van der Waals surface area (Å²) in [6.45, 7) is -1.08. The van der Waals surface area contributed by atoms with Crippen LogP contribution in [0, 0.1) is 0 Å². The maximum atomic E-state index is 14.0. The molecule has 0 bridgehead atoms. The number of carbonyl (C=O) groups is 2. The molecule has 11 heteroatoms. The zero-order valence-corrected chi connectivity index (χ0v) is 16.0. The molecule has 0 saturated carbocycles. The number of carbonyl (C=O) groups excluding carboxylic acids is 2. The van der Waals surface area contributed by atoms with Crippen LogP contribution in [0.15, 0.2) is 30.5 Å². The topological polar surface area (TPSA) is 98.6 Å². The molecule has 156 valence electrons. The van der Waals surface area contributed by atoms with Crippen LogP contribution in [0.2, 0.25) is 0 Å². The minimum Gasteiger partial charge on any atom is -0.497 e. The van der Waals surface area contributed by atoms with Crippen molar-refractivity contribution in [2.24, 2.45) is 0 Å². The summed E-state index contributed by atoms with van der Waals surface area (Å²) in [5.74, 6) is -2.95. The molecule has 1 aliphatic heterocycles. The molecule has 2 heterocycles. The van der Waals surface area contributed by atoms with E-state index in [0.29, 0.717) is 11.5 Å². The Bertz CT molecular complexity index is 871. The van der Waals surface area contributed by atoms with Crippen LogP contribution >= 0.6 is 0 Å². The Kier molecular flexibility index (Phi) is 5.95. The van der Waals surface area contributed by atoms with Crippen molar-refractivity contribution in [2.45, 2.75) is 24.9 Å². The van der Waals surface area contributed by atoms with Crippen LogP contribution in [0.25, 0.3) is 0 Å². The van der Waals surface area contributed by atoms with E-state index in [9.17, 15) is 18.4 Å². The van der Waals surface area contributed by atoms with Crippen LogP contribution in [0.5, 0.6) is 11.5 Å². The van der Waals surface area contributed by atoms with E-state index in [0.717, 1.165) is 4.90 Å². The number of likely N-dealkylation sites (tertiary alicyclic amines) is 1. The fourth-order valence-corrected chi connectivity index (χ4v) is 3.09. The fourth-order valence-electron chi connectivity index (χ4n) is 3.09. The summed E-state index contributed by atoms with van der Waals surface area (Å²) < 4.78 is 39.7. The molecular formula is C18H21F2N5O4. The van der Waals surface area contributed by atoms with Gasteiger partial charge in [0.15, 0.2) is 12.3 Å². The highest BCUT2D eigenvalue weighted by Crippen LogP contribution is 2.33. The molecule has 1 saturated heterocycles. The number of alkyl halides is 2. The first-order valence-corrected chi connectivity index (χ1v) is 8.87. The monoisotopic (exact) mass is 409 g/mol. The lowest BCUT2D eigenvalue weighted by molar-refractivity contribution is -0.135. The molecule has 1 aromatic heterocycles. The van der Waals surface area contributed by atoms with Crippen molar-refractivity contribution in [1.82, 2.24) is 25.2 Å². The van der Waals surface area contributed by atoms with E-state index >= 15 is 0 Å². The first-order valence-electron chi connectivity index (χ1n) is 8.87. The van der Waals surface area contributed by atoms with Crippen molar-refractivity contribution < 1.29 is 27.8 Å². The Labute approximate surface area is 165 Å². The first kappa shape index (κ1) is 20.5. The largest absolute Gasteiger partial charge is 0.497 e. The lowest BCUT2D eigenvalue weighted by Crippen LogP contribution is -2.41. The summed E-state index contributed by atoms with van der Waals surface area (Å²) in [5.41, 5.74) is 0.0676. The quantitative estimate of drug-likeness (QED) is 0.732. The van der Waals surface area contributed by atoms with Crippen molar-refractivity contribution in [3.63, 3.8) is 0 Å². The molecule has 9 nitrogen and oxygen atoms in total. The molecule has 0 aliphatic carbocycles. The molecule has 3 rings (SSSR count). The van der Waals surface area contributed by atoms with Crippen molar-refractivity contribution >= 4 is 11.8 Å². The molecule has 1 atom stereocenters. The number of ether oxygens (including phenoxy) is 2. The Morgan fingerprint density at radius 2 is 1.97 bits per heavy atom. The van der Waals surface area contributed by atoms with Crippen LogP contribution < -0.4 is 14.8 Å². The van der Waals surface area contributed by atoms with Crippen LogP contribution in [0.1, 0.15) is 16.9 Å². The number of amides is 2. The second kappa shape index (κ2) is 8.41. The molecule has 1 aromatic carbocycles. The Morgan fingerprint density at radius 3 is 2.62 bits per heavy atom. The van der Waals surface area contributed by atoms with Gasteiger partial charge in [0.2, 0.25) is 0 Å². The molecule has 2 aromatic rings. The predicted octanol–water partition coefficient (Wildman–Crippen LogP) is 0.961. The van der Waals surface area contributed by atoms with E-state index in [-0.39, 0.29) is 18.8 Å². The van der Waals surface area contributed by atoms with E-state index in [4.69, 9.17) is 9.47 Å². The molecule has 0 unspecified atom stereocenters. The van der Waals surface area contributed by atoms with Gasteiger partial charge in [-0.2, -0.15) is 0 Å².